The van der Waals surface area contributed by atoms with Crippen molar-refractivity contribution in [3.63, 3.8) is 0 Å². The van der Waals surface area contributed by atoms with E-state index in [2.05, 4.69) is 115 Å². The van der Waals surface area contributed by atoms with Crippen molar-refractivity contribution in [1.29, 1.82) is 0 Å². The molecule has 0 nitrogen and oxygen atoms in total. The zero-order valence-corrected chi connectivity index (χ0v) is 23.6. The first-order valence-electron chi connectivity index (χ1n) is 13.7. The summed E-state index contributed by atoms with van der Waals surface area (Å²) in [5, 5.41) is 0. The smallest absolute Gasteiger partial charge is 0.00401 e. The molecule has 36 heavy (non-hydrogen) atoms. The van der Waals surface area contributed by atoms with Crippen LogP contribution in [-0.4, -0.2) is 0 Å². The van der Waals surface area contributed by atoms with E-state index < -0.39 is 0 Å². The Bertz CT molecular complexity index is 987. The SMILES string of the molecule is CC1=C(/C=C/C=C/C=C/C=C/[CH]/C=C\C=C\[CH-]/C=C/C=C/C2=C(C)CCCC2(C)C)C(C)(C)CCC1. The van der Waals surface area contributed by atoms with Crippen LogP contribution in [0.4, 0.5) is 0 Å². The van der Waals surface area contributed by atoms with Crippen LogP contribution >= 0.6 is 0 Å². The van der Waals surface area contributed by atoms with E-state index in [0.717, 1.165) is 0 Å². The first-order chi connectivity index (χ1) is 17.2. The Kier molecular flexibility index (Phi) is 12.6. The van der Waals surface area contributed by atoms with Gasteiger partial charge in [-0.3, -0.25) is 0 Å². The molecule has 2 rings (SSSR count). The highest BCUT2D eigenvalue weighted by molar-refractivity contribution is 5.35. The van der Waals surface area contributed by atoms with Gasteiger partial charge >= 0.3 is 0 Å². The quantitative estimate of drug-likeness (QED) is 0.204. The molecule has 0 unspecified atom stereocenters. The van der Waals surface area contributed by atoms with Crippen LogP contribution < -0.4 is 0 Å². The number of hydrogen-bond acceptors (Lipinski definition) is 0. The van der Waals surface area contributed by atoms with Crippen LogP contribution in [0.5, 0.6) is 0 Å². The molecule has 0 aromatic carbocycles. The summed E-state index contributed by atoms with van der Waals surface area (Å²) in [6, 6.07) is 0. The Labute approximate surface area is 223 Å². The van der Waals surface area contributed by atoms with E-state index in [1.807, 2.05) is 36.8 Å². The van der Waals surface area contributed by atoms with Gasteiger partial charge < -0.3 is 0 Å². The lowest BCUT2D eigenvalue weighted by atomic mass is 9.72. The Morgan fingerprint density at radius 2 is 0.917 bits per heavy atom. The maximum atomic E-state index is 2.36. The van der Waals surface area contributed by atoms with Gasteiger partial charge in [-0.25, -0.2) is 0 Å². The third-order valence-electron chi connectivity index (χ3n) is 7.28. The van der Waals surface area contributed by atoms with E-state index >= 15 is 0 Å². The van der Waals surface area contributed by atoms with E-state index in [9.17, 15) is 0 Å². The van der Waals surface area contributed by atoms with Gasteiger partial charge in [0.2, 0.25) is 0 Å². The third kappa shape index (κ3) is 10.5. The monoisotopic (exact) mass is 480 g/mol. The first kappa shape index (κ1) is 29.5. The van der Waals surface area contributed by atoms with Crippen molar-refractivity contribution in [3.8, 4) is 0 Å². The zero-order chi connectivity index (χ0) is 26.3. The molecule has 0 saturated heterocycles. The molecule has 0 amide bonds. The molecule has 0 aromatic rings. The van der Waals surface area contributed by atoms with Crippen LogP contribution in [-0.2, 0) is 0 Å². The zero-order valence-electron chi connectivity index (χ0n) is 23.6. The fourth-order valence-corrected chi connectivity index (χ4v) is 5.22. The summed E-state index contributed by atoms with van der Waals surface area (Å²) in [6.45, 7) is 14.0. The minimum absolute atomic E-state index is 0.305. The molecule has 2 aliphatic carbocycles. The second-order valence-electron chi connectivity index (χ2n) is 11.3. The first-order valence-corrected chi connectivity index (χ1v) is 13.7. The molecule has 0 heteroatoms. The summed E-state index contributed by atoms with van der Waals surface area (Å²) in [5.74, 6) is 0. The average Bonchev–Trinajstić information content (AvgIpc) is 2.80. The van der Waals surface area contributed by atoms with E-state index in [1.54, 1.807) is 11.1 Å². The Morgan fingerprint density at radius 1 is 0.528 bits per heavy atom. The summed E-state index contributed by atoms with van der Waals surface area (Å²) in [7, 11) is 0. The molecule has 0 aromatic heterocycles. The molecular weight excluding hydrogens is 432 g/mol. The lowest BCUT2D eigenvalue weighted by molar-refractivity contribution is 0.376. The van der Waals surface area contributed by atoms with Crippen LogP contribution in [0.3, 0.4) is 0 Å². The Hall–Kier alpha value is -2.73. The highest BCUT2D eigenvalue weighted by Gasteiger charge is 2.27. The van der Waals surface area contributed by atoms with Crippen molar-refractivity contribution in [1.82, 2.24) is 0 Å². The van der Waals surface area contributed by atoms with Gasteiger partial charge in [0.1, 0.15) is 0 Å². The molecule has 2 aliphatic rings. The van der Waals surface area contributed by atoms with Gasteiger partial charge in [0, 0.05) is 6.42 Å². The summed E-state index contributed by atoms with van der Waals surface area (Å²) >= 11 is 0. The van der Waals surface area contributed by atoms with Crippen molar-refractivity contribution in [2.45, 2.75) is 80.1 Å². The molecule has 0 heterocycles. The van der Waals surface area contributed by atoms with E-state index in [0.29, 0.717) is 10.8 Å². The molecular formula is C36H48-. The lowest BCUT2D eigenvalue weighted by Gasteiger charge is -2.33. The number of hydrogen-bond donors (Lipinski definition) is 0. The summed E-state index contributed by atoms with van der Waals surface area (Å²) in [5.41, 5.74) is 6.71. The molecule has 193 valence electrons. The van der Waals surface area contributed by atoms with Gasteiger partial charge in [0.15, 0.2) is 0 Å². The second-order valence-corrected chi connectivity index (χ2v) is 11.3. The largest absolute Gasteiger partial charge is 0.172 e. The van der Waals surface area contributed by atoms with Crippen LogP contribution in [0.2, 0.25) is 0 Å². The van der Waals surface area contributed by atoms with Gasteiger partial charge in [-0.15, -0.1) is 12.2 Å². The standard InChI is InChI=1S/C36H48/c1-31-25-23-29-35(3,4)33(31)27-21-19-17-15-13-11-9-7-8-10-12-14-16-18-20-22-28-34-32(2)26-24-30-36(34,5)6/h7-22,27-28H,23-26,29-30H2,1-6H3/q-1/b9-7-,12-10+,13-11+,16-14+,19-17+,20-18+,27-21+,28-22+. The molecule has 0 aliphatic heterocycles. The molecule has 1 radical (unpaired) electrons. The van der Waals surface area contributed by atoms with Crippen LogP contribution in [0.25, 0.3) is 0 Å². The Morgan fingerprint density at radius 3 is 1.42 bits per heavy atom. The normalized spacial score (nSPS) is 21.5. The number of rotatable bonds is 11. The van der Waals surface area contributed by atoms with E-state index in [1.165, 1.54) is 49.7 Å². The minimum atomic E-state index is 0.305. The van der Waals surface area contributed by atoms with Gasteiger partial charge in [0.25, 0.3) is 0 Å². The maximum absolute atomic E-state index is 2.36. The topological polar surface area (TPSA) is 0 Å². The minimum Gasteiger partial charge on any atom is -0.172 e. The average molecular weight is 481 g/mol. The maximum Gasteiger partial charge on any atom is 0.00401 e. The fourth-order valence-electron chi connectivity index (χ4n) is 5.22. The van der Waals surface area contributed by atoms with Crippen LogP contribution in [0, 0.1) is 23.7 Å². The van der Waals surface area contributed by atoms with E-state index in [4.69, 9.17) is 0 Å². The van der Waals surface area contributed by atoms with Crippen molar-refractivity contribution < 1.29 is 0 Å². The highest BCUT2D eigenvalue weighted by atomic mass is 14.3. The van der Waals surface area contributed by atoms with E-state index in [-0.39, 0.29) is 0 Å². The molecule has 0 bridgehead atoms. The molecule has 0 fully saturated rings. The Balaban J connectivity index is 1.62. The van der Waals surface area contributed by atoms with Crippen molar-refractivity contribution in [2.24, 2.45) is 10.8 Å². The number of allylic oxidation sites excluding steroid dienone is 20. The highest BCUT2D eigenvalue weighted by Crippen LogP contribution is 2.41. The van der Waals surface area contributed by atoms with Crippen LogP contribution in [0.15, 0.2) is 120 Å². The second kappa shape index (κ2) is 15.4. The molecule has 0 atom stereocenters. The van der Waals surface area contributed by atoms with Gasteiger partial charge in [-0.1, -0.05) is 99.6 Å². The fraction of sp³-hybridized carbons (Fsp3) is 0.389. The molecule has 0 spiro atoms. The predicted molar refractivity (Wildman–Crippen MR) is 162 cm³/mol. The van der Waals surface area contributed by atoms with Gasteiger partial charge in [-0.2, -0.15) is 30.7 Å². The lowest BCUT2D eigenvalue weighted by Crippen LogP contribution is -2.18. The molecule has 0 saturated carbocycles. The predicted octanol–water partition coefficient (Wildman–Crippen LogP) is 10.9. The van der Waals surface area contributed by atoms with Crippen LogP contribution in [0.1, 0.15) is 80.1 Å². The van der Waals surface area contributed by atoms with Crippen molar-refractivity contribution in [3.05, 3.63) is 132 Å². The van der Waals surface area contributed by atoms with Crippen molar-refractivity contribution in [2.75, 3.05) is 0 Å². The summed E-state index contributed by atoms with van der Waals surface area (Å²) in [6.07, 6.45) is 45.5. The summed E-state index contributed by atoms with van der Waals surface area (Å²) < 4.78 is 0. The van der Waals surface area contributed by atoms with Crippen molar-refractivity contribution >= 4 is 0 Å². The third-order valence-corrected chi connectivity index (χ3v) is 7.28. The van der Waals surface area contributed by atoms with Gasteiger partial charge in [0.05, 0.1) is 0 Å². The summed E-state index contributed by atoms with van der Waals surface area (Å²) in [4.78, 5) is 0. The molecule has 0 N–H and O–H groups in total. The van der Waals surface area contributed by atoms with Gasteiger partial charge in [-0.05, 0) is 74.3 Å².